The lowest BCUT2D eigenvalue weighted by Gasteiger charge is -2.10. The fraction of sp³-hybridized carbons (Fsp3) is 0.231. The highest BCUT2D eigenvalue weighted by Crippen LogP contribution is 2.21. The van der Waals surface area contributed by atoms with Crippen LogP contribution in [0, 0.1) is 6.92 Å². The zero-order valence-corrected chi connectivity index (χ0v) is 10.2. The van der Waals surface area contributed by atoms with E-state index in [4.69, 9.17) is 10.8 Å². The van der Waals surface area contributed by atoms with Gasteiger partial charge in [-0.3, -0.25) is 4.79 Å². The number of fused-ring (bicyclic) bond motifs is 1. The van der Waals surface area contributed by atoms with Gasteiger partial charge in [0.05, 0.1) is 16.6 Å². The first-order valence-electron chi connectivity index (χ1n) is 5.64. The van der Waals surface area contributed by atoms with E-state index in [0.29, 0.717) is 23.0 Å². The zero-order valence-electron chi connectivity index (χ0n) is 10.2. The number of benzene rings is 1. The van der Waals surface area contributed by atoms with Crippen molar-refractivity contribution in [2.45, 2.75) is 20.3 Å². The summed E-state index contributed by atoms with van der Waals surface area (Å²) in [6, 6.07) is 3.41. The Balaban J connectivity index is 3.05. The molecule has 0 spiro atoms. The lowest BCUT2D eigenvalue weighted by Crippen LogP contribution is -2.19. The average Bonchev–Trinajstić information content (AvgIpc) is 2.33. The highest BCUT2D eigenvalue weighted by Gasteiger charge is 2.17. The van der Waals surface area contributed by atoms with Gasteiger partial charge < -0.3 is 15.8 Å². The molecular formula is C13H14N2O3. The summed E-state index contributed by atoms with van der Waals surface area (Å²) in [6.07, 6.45) is 0.362. The van der Waals surface area contributed by atoms with Gasteiger partial charge in [0.25, 0.3) is 0 Å². The van der Waals surface area contributed by atoms with E-state index in [2.05, 4.69) is 4.98 Å². The van der Waals surface area contributed by atoms with Crippen LogP contribution in [0.1, 0.15) is 28.5 Å². The first-order chi connectivity index (χ1) is 8.47. The fourth-order valence-electron chi connectivity index (χ4n) is 2.13. The molecule has 0 saturated heterocycles. The Morgan fingerprint density at radius 1 is 1.44 bits per heavy atom. The van der Waals surface area contributed by atoms with Crippen molar-refractivity contribution in [2.24, 2.45) is 0 Å². The van der Waals surface area contributed by atoms with Gasteiger partial charge in [0.2, 0.25) is 0 Å². The van der Waals surface area contributed by atoms with Crippen LogP contribution in [0.4, 0.5) is 5.69 Å². The highest BCUT2D eigenvalue weighted by atomic mass is 16.4. The van der Waals surface area contributed by atoms with Crippen molar-refractivity contribution in [2.75, 3.05) is 5.73 Å². The Kier molecular flexibility index (Phi) is 2.82. The smallest absolute Gasteiger partial charge is 0.352 e. The van der Waals surface area contributed by atoms with Gasteiger partial charge in [-0.25, -0.2) is 4.79 Å². The third-order valence-corrected chi connectivity index (χ3v) is 3.07. The molecular weight excluding hydrogens is 232 g/mol. The second-order valence-electron chi connectivity index (χ2n) is 4.19. The molecule has 4 N–H and O–H groups in total. The number of nitrogens with two attached hydrogens (primary N) is 1. The number of aromatic amines is 1. The molecule has 0 radical (unpaired) electrons. The van der Waals surface area contributed by atoms with Gasteiger partial charge in [-0.2, -0.15) is 0 Å². The van der Waals surface area contributed by atoms with E-state index in [1.165, 1.54) is 0 Å². The van der Waals surface area contributed by atoms with Crippen LogP contribution in [0.25, 0.3) is 10.9 Å². The lowest BCUT2D eigenvalue weighted by atomic mass is 10.0. The molecule has 18 heavy (non-hydrogen) atoms. The number of aryl methyl sites for hydroxylation is 1. The number of hydrogen-bond acceptors (Lipinski definition) is 3. The molecule has 94 valence electrons. The topological polar surface area (TPSA) is 96.2 Å². The van der Waals surface area contributed by atoms with Crippen molar-refractivity contribution in [1.82, 2.24) is 4.98 Å². The van der Waals surface area contributed by atoms with Crippen LogP contribution >= 0.6 is 0 Å². The van der Waals surface area contributed by atoms with Crippen molar-refractivity contribution in [1.29, 1.82) is 0 Å². The van der Waals surface area contributed by atoms with Gasteiger partial charge in [-0.1, -0.05) is 13.0 Å². The molecule has 0 fully saturated rings. The summed E-state index contributed by atoms with van der Waals surface area (Å²) in [4.78, 5) is 26.3. The fourth-order valence-corrected chi connectivity index (χ4v) is 2.13. The van der Waals surface area contributed by atoms with E-state index < -0.39 is 5.97 Å². The summed E-state index contributed by atoms with van der Waals surface area (Å²) >= 11 is 0. The van der Waals surface area contributed by atoms with Crippen molar-refractivity contribution in [3.8, 4) is 0 Å². The van der Waals surface area contributed by atoms with Gasteiger partial charge in [-0.05, 0) is 25.0 Å². The van der Waals surface area contributed by atoms with Crippen LogP contribution in [-0.4, -0.2) is 16.1 Å². The summed E-state index contributed by atoms with van der Waals surface area (Å²) in [5, 5.41) is 9.60. The molecule has 0 amide bonds. The number of carboxylic acid groups (broad SMARTS) is 1. The molecule has 0 atom stereocenters. The van der Waals surface area contributed by atoms with Gasteiger partial charge in [0.1, 0.15) is 5.69 Å². The molecule has 2 rings (SSSR count). The Morgan fingerprint density at radius 2 is 2.11 bits per heavy atom. The van der Waals surface area contributed by atoms with E-state index in [9.17, 15) is 9.59 Å². The van der Waals surface area contributed by atoms with E-state index in [-0.39, 0.29) is 16.7 Å². The number of H-pyrrole nitrogens is 1. The molecule has 1 heterocycles. The van der Waals surface area contributed by atoms with Crippen LogP contribution in [0.5, 0.6) is 0 Å². The molecule has 0 unspecified atom stereocenters. The van der Waals surface area contributed by atoms with Crippen molar-refractivity contribution < 1.29 is 9.90 Å². The number of nitrogen functional groups attached to an aromatic ring is 1. The van der Waals surface area contributed by atoms with Gasteiger partial charge in [-0.15, -0.1) is 0 Å². The molecule has 5 heteroatoms. The second kappa shape index (κ2) is 4.18. The van der Waals surface area contributed by atoms with Crippen molar-refractivity contribution >= 4 is 22.6 Å². The normalized spacial score (nSPS) is 10.8. The van der Waals surface area contributed by atoms with Crippen LogP contribution in [0.2, 0.25) is 0 Å². The van der Waals surface area contributed by atoms with Crippen LogP contribution in [-0.2, 0) is 6.42 Å². The monoisotopic (exact) mass is 246 g/mol. The van der Waals surface area contributed by atoms with E-state index >= 15 is 0 Å². The maximum Gasteiger partial charge on any atom is 0.352 e. The Morgan fingerprint density at radius 3 is 2.67 bits per heavy atom. The number of carboxylic acids is 1. The second-order valence-corrected chi connectivity index (χ2v) is 4.19. The number of aromatic nitrogens is 1. The Labute approximate surface area is 103 Å². The zero-order chi connectivity index (χ0) is 13.4. The molecule has 0 aliphatic heterocycles. The minimum atomic E-state index is -1.15. The first kappa shape index (κ1) is 12.2. The minimum absolute atomic E-state index is 0.0766. The predicted octanol–water partition coefficient (Wildman–Crippen LogP) is 1.68. The number of pyridine rings is 1. The number of carbonyl (C=O) groups is 1. The third-order valence-electron chi connectivity index (χ3n) is 3.07. The lowest BCUT2D eigenvalue weighted by molar-refractivity contribution is 0.0689. The van der Waals surface area contributed by atoms with Gasteiger partial charge in [0, 0.05) is 5.56 Å². The molecule has 0 aliphatic carbocycles. The number of anilines is 1. The SMILES string of the molecule is CCc1c(C(=O)O)[nH]c2c(N)ccc(C)c2c1=O. The van der Waals surface area contributed by atoms with Crippen LogP contribution in [0.3, 0.4) is 0 Å². The average molecular weight is 246 g/mol. The highest BCUT2D eigenvalue weighted by molar-refractivity contribution is 5.97. The number of nitrogens with one attached hydrogen (secondary N) is 1. The molecule has 2 aromatic rings. The molecule has 0 aliphatic rings. The maximum atomic E-state index is 12.3. The third kappa shape index (κ3) is 1.64. The van der Waals surface area contributed by atoms with E-state index in [1.807, 2.05) is 0 Å². The summed E-state index contributed by atoms with van der Waals surface area (Å²) in [5.74, 6) is -1.15. The van der Waals surface area contributed by atoms with Gasteiger partial charge >= 0.3 is 5.97 Å². The van der Waals surface area contributed by atoms with Crippen molar-refractivity contribution in [3.63, 3.8) is 0 Å². The van der Waals surface area contributed by atoms with Crippen LogP contribution in [0.15, 0.2) is 16.9 Å². The summed E-state index contributed by atoms with van der Waals surface area (Å²) < 4.78 is 0. The largest absolute Gasteiger partial charge is 0.477 e. The maximum absolute atomic E-state index is 12.3. The molecule has 0 bridgehead atoms. The van der Waals surface area contributed by atoms with E-state index in [0.717, 1.165) is 5.56 Å². The minimum Gasteiger partial charge on any atom is -0.477 e. The molecule has 1 aromatic heterocycles. The molecule has 1 aromatic carbocycles. The Hall–Kier alpha value is -2.30. The first-order valence-corrected chi connectivity index (χ1v) is 5.64. The standard InChI is InChI=1S/C13H14N2O3/c1-3-7-10(13(17)18)15-11-8(14)5-4-6(2)9(11)12(7)16/h4-5H,3,14H2,1-2H3,(H,15,16)(H,17,18). The number of rotatable bonds is 2. The quantitative estimate of drug-likeness (QED) is 0.702. The van der Waals surface area contributed by atoms with E-state index in [1.54, 1.807) is 26.0 Å². The summed E-state index contributed by atoms with van der Waals surface area (Å²) in [5.41, 5.74) is 7.30. The molecule has 0 saturated carbocycles. The molecule has 5 nitrogen and oxygen atoms in total. The summed E-state index contributed by atoms with van der Waals surface area (Å²) in [7, 11) is 0. The van der Waals surface area contributed by atoms with Crippen LogP contribution < -0.4 is 11.2 Å². The number of aromatic carboxylic acids is 1. The number of hydrogen-bond donors (Lipinski definition) is 3. The summed E-state index contributed by atoms with van der Waals surface area (Å²) in [6.45, 7) is 3.56. The Bertz CT molecular complexity index is 701. The predicted molar refractivity (Wildman–Crippen MR) is 70.1 cm³/mol. The van der Waals surface area contributed by atoms with Crippen molar-refractivity contribution in [3.05, 3.63) is 39.2 Å². The van der Waals surface area contributed by atoms with Gasteiger partial charge in [0.15, 0.2) is 5.43 Å².